The average molecular weight is 435 g/mol. The molecular weight excluding hydrogens is 416 g/mol. The van der Waals surface area contributed by atoms with E-state index in [9.17, 15) is 18.3 Å². The van der Waals surface area contributed by atoms with Crippen LogP contribution in [0.15, 0.2) is 46.0 Å². The molecule has 1 aliphatic rings. The number of hydrogen-bond donors (Lipinski definition) is 2. The van der Waals surface area contributed by atoms with Gasteiger partial charge in [-0.2, -0.15) is 0 Å². The standard InChI is InChI=1S/C19H18N2O4S3/c1-12-10-17(27-18(12)19(22)23)28(24,25)20-14-4-2-3-5-15(14)21-8-6-16-13(11-21)7-9-26-16/h2-5,7,9-10,20H,6,8,11H2,1H3,(H,22,23). The maximum atomic E-state index is 12.9. The van der Waals surface area contributed by atoms with Crippen molar-refractivity contribution in [2.75, 3.05) is 16.2 Å². The van der Waals surface area contributed by atoms with Crippen molar-refractivity contribution in [2.24, 2.45) is 0 Å². The van der Waals surface area contributed by atoms with E-state index in [0.717, 1.165) is 36.5 Å². The number of carboxylic acid groups (broad SMARTS) is 1. The summed E-state index contributed by atoms with van der Waals surface area (Å²) < 4.78 is 28.4. The Morgan fingerprint density at radius 2 is 2.04 bits per heavy atom. The summed E-state index contributed by atoms with van der Waals surface area (Å²) in [5.74, 6) is -1.12. The van der Waals surface area contributed by atoms with Gasteiger partial charge in [0.1, 0.15) is 9.09 Å². The van der Waals surface area contributed by atoms with Crippen LogP contribution in [-0.4, -0.2) is 26.0 Å². The molecule has 2 N–H and O–H groups in total. The molecule has 28 heavy (non-hydrogen) atoms. The van der Waals surface area contributed by atoms with E-state index in [1.807, 2.05) is 12.1 Å². The van der Waals surface area contributed by atoms with Gasteiger partial charge in [-0.25, -0.2) is 13.2 Å². The van der Waals surface area contributed by atoms with Gasteiger partial charge in [0.05, 0.1) is 11.4 Å². The summed E-state index contributed by atoms with van der Waals surface area (Å²) in [5, 5.41) is 11.3. The van der Waals surface area contributed by atoms with E-state index < -0.39 is 16.0 Å². The minimum absolute atomic E-state index is 0.00373. The molecule has 3 aromatic rings. The molecule has 146 valence electrons. The van der Waals surface area contributed by atoms with Crippen molar-refractivity contribution in [1.82, 2.24) is 0 Å². The number of rotatable bonds is 5. The van der Waals surface area contributed by atoms with Crippen molar-refractivity contribution < 1.29 is 18.3 Å². The third kappa shape index (κ3) is 3.52. The minimum atomic E-state index is -3.88. The lowest BCUT2D eigenvalue weighted by Crippen LogP contribution is -2.30. The van der Waals surface area contributed by atoms with Crippen LogP contribution in [0.1, 0.15) is 25.7 Å². The second-order valence-electron chi connectivity index (χ2n) is 6.55. The first-order chi connectivity index (χ1) is 13.3. The van der Waals surface area contributed by atoms with Crippen molar-refractivity contribution in [3.63, 3.8) is 0 Å². The zero-order chi connectivity index (χ0) is 19.9. The molecule has 0 unspecified atom stereocenters. The van der Waals surface area contributed by atoms with E-state index >= 15 is 0 Å². The van der Waals surface area contributed by atoms with Crippen LogP contribution in [0.3, 0.4) is 0 Å². The highest BCUT2D eigenvalue weighted by Crippen LogP contribution is 2.34. The predicted octanol–water partition coefficient (Wildman–Crippen LogP) is 4.18. The predicted molar refractivity (Wildman–Crippen MR) is 112 cm³/mol. The van der Waals surface area contributed by atoms with Crippen molar-refractivity contribution in [1.29, 1.82) is 0 Å². The molecule has 0 atom stereocenters. The molecule has 0 saturated heterocycles. The van der Waals surface area contributed by atoms with Gasteiger partial charge in [-0.05, 0) is 54.1 Å². The average Bonchev–Trinajstić information content (AvgIpc) is 3.28. The fourth-order valence-electron chi connectivity index (χ4n) is 3.28. The quantitative estimate of drug-likeness (QED) is 0.629. The van der Waals surface area contributed by atoms with Crippen LogP contribution in [0.2, 0.25) is 0 Å². The van der Waals surface area contributed by atoms with Gasteiger partial charge in [0.15, 0.2) is 0 Å². The van der Waals surface area contributed by atoms with Gasteiger partial charge in [0, 0.05) is 18.0 Å². The topological polar surface area (TPSA) is 86.7 Å². The van der Waals surface area contributed by atoms with Gasteiger partial charge in [-0.3, -0.25) is 4.72 Å². The Labute approximate surface area is 171 Å². The second-order valence-corrected chi connectivity index (χ2v) is 10.5. The number of aryl methyl sites for hydroxylation is 1. The lowest BCUT2D eigenvalue weighted by molar-refractivity contribution is 0.0701. The Kier molecular flexibility index (Phi) is 4.90. The summed E-state index contributed by atoms with van der Waals surface area (Å²) in [6.07, 6.45) is 0.931. The molecule has 0 saturated carbocycles. The van der Waals surface area contributed by atoms with E-state index in [4.69, 9.17) is 0 Å². The highest BCUT2D eigenvalue weighted by Gasteiger charge is 2.25. The molecule has 0 aliphatic carbocycles. The molecule has 0 radical (unpaired) electrons. The van der Waals surface area contributed by atoms with Crippen LogP contribution in [0.25, 0.3) is 0 Å². The van der Waals surface area contributed by atoms with Crippen LogP contribution in [0, 0.1) is 6.92 Å². The van der Waals surface area contributed by atoms with Crippen LogP contribution in [-0.2, 0) is 23.0 Å². The van der Waals surface area contributed by atoms with Crippen LogP contribution < -0.4 is 9.62 Å². The number of anilines is 2. The molecule has 0 spiro atoms. The first-order valence-corrected chi connectivity index (χ1v) is 11.8. The monoisotopic (exact) mass is 434 g/mol. The number of para-hydroxylation sites is 2. The van der Waals surface area contributed by atoms with Crippen molar-refractivity contribution in [3.8, 4) is 0 Å². The summed E-state index contributed by atoms with van der Waals surface area (Å²) in [4.78, 5) is 14.8. The second kappa shape index (κ2) is 7.23. The Bertz CT molecular complexity index is 1150. The number of benzene rings is 1. The molecule has 0 fully saturated rings. The SMILES string of the molecule is Cc1cc(S(=O)(=O)Nc2ccccc2N2CCc3sccc3C2)sc1C(=O)O. The Morgan fingerprint density at radius 3 is 2.79 bits per heavy atom. The van der Waals surface area contributed by atoms with Crippen LogP contribution in [0.5, 0.6) is 0 Å². The van der Waals surface area contributed by atoms with Gasteiger partial charge in [0.2, 0.25) is 0 Å². The van der Waals surface area contributed by atoms with E-state index in [0.29, 0.717) is 11.3 Å². The molecule has 3 heterocycles. The molecule has 9 heteroatoms. The summed E-state index contributed by atoms with van der Waals surface area (Å²) in [5.41, 5.74) is 3.01. The van der Waals surface area contributed by atoms with Gasteiger partial charge < -0.3 is 10.0 Å². The lowest BCUT2D eigenvalue weighted by atomic mass is 10.1. The van der Waals surface area contributed by atoms with Gasteiger partial charge in [-0.1, -0.05) is 12.1 Å². The van der Waals surface area contributed by atoms with E-state index in [1.165, 1.54) is 16.5 Å². The summed E-state index contributed by atoms with van der Waals surface area (Å²) in [6, 6.07) is 10.8. The number of carboxylic acids is 1. The van der Waals surface area contributed by atoms with Crippen molar-refractivity contribution >= 4 is 50.0 Å². The zero-order valence-corrected chi connectivity index (χ0v) is 17.5. The van der Waals surface area contributed by atoms with Gasteiger partial charge >= 0.3 is 5.97 Å². The van der Waals surface area contributed by atoms with E-state index in [-0.39, 0.29) is 9.09 Å². The number of fused-ring (bicyclic) bond motifs is 1. The number of thiophene rings is 2. The first kappa shape index (κ1) is 19.0. The van der Waals surface area contributed by atoms with Crippen LogP contribution >= 0.6 is 22.7 Å². The molecular formula is C19H18N2O4S3. The highest BCUT2D eigenvalue weighted by atomic mass is 32.2. The zero-order valence-electron chi connectivity index (χ0n) is 15.0. The fourth-order valence-corrected chi connectivity index (χ4v) is 6.62. The highest BCUT2D eigenvalue weighted by molar-refractivity contribution is 7.94. The maximum Gasteiger partial charge on any atom is 0.346 e. The normalized spacial score (nSPS) is 14.0. The summed E-state index contributed by atoms with van der Waals surface area (Å²) in [6.45, 7) is 3.14. The Balaban J connectivity index is 1.64. The van der Waals surface area contributed by atoms with Gasteiger partial charge in [-0.15, -0.1) is 22.7 Å². The summed E-state index contributed by atoms with van der Waals surface area (Å²) >= 11 is 2.52. The fraction of sp³-hybridized carbons (Fsp3) is 0.211. The largest absolute Gasteiger partial charge is 0.477 e. The molecule has 0 amide bonds. The van der Waals surface area contributed by atoms with Crippen molar-refractivity contribution in [3.05, 3.63) is 62.7 Å². The van der Waals surface area contributed by atoms with Crippen LogP contribution in [0.4, 0.5) is 11.4 Å². The van der Waals surface area contributed by atoms with E-state index in [1.54, 1.807) is 30.4 Å². The molecule has 2 aromatic heterocycles. The third-order valence-electron chi connectivity index (χ3n) is 4.65. The number of hydrogen-bond acceptors (Lipinski definition) is 6. The number of carbonyl (C=O) groups is 1. The molecule has 4 rings (SSSR count). The molecule has 0 bridgehead atoms. The first-order valence-electron chi connectivity index (χ1n) is 8.61. The molecule has 1 aromatic carbocycles. The Morgan fingerprint density at radius 1 is 1.25 bits per heavy atom. The molecule has 6 nitrogen and oxygen atoms in total. The smallest absolute Gasteiger partial charge is 0.346 e. The Hall–Kier alpha value is -2.36. The van der Waals surface area contributed by atoms with Gasteiger partial charge in [0.25, 0.3) is 10.0 Å². The number of nitrogens with one attached hydrogen (secondary N) is 1. The number of aromatic carboxylic acids is 1. The lowest BCUT2D eigenvalue weighted by Gasteiger charge is -2.30. The van der Waals surface area contributed by atoms with Crippen molar-refractivity contribution in [2.45, 2.75) is 24.1 Å². The maximum absolute atomic E-state index is 12.9. The third-order valence-corrected chi connectivity index (χ3v) is 8.74. The summed E-state index contributed by atoms with van der Waals surface area (Å²) in [7, 11) is -3.88. The minimum Gasteiger partial charge on any atom is -0.477 e. The number of nitrogens with zero attached hydrogens (tertiary/aromatic N) is 1. The van der Waals surface area contributed by atoms with E-state index in [2.05, 4.69) is 21.1 Å². The number of sulfonamides is 1. The molecule has 1 aliphatic heterocycles.